The lowest BCUT2D eigenvalue weighted by Crippen LogP contribution is -2.54. The van der Waals surface area contributed by atoms with E-state index in [0.29, 0.717) is 0 Å². The van der Waals surface area contributed by atoms with Gasteiger partial charge in [-0.15, -0.1) is 13.2 Å². The van der Waals surface area contributed by atoms with Crippen LogP contribution in [0.5, 0.6) is 0 Å². The third-order valence-electron chi connectivity index (χ3n) is 2.50. The smallest absolute Gasteiger partial charge is 0.250 e. The molecule has 2 nitrogen and oxygen atoms in total. The molecule has 0 unspecified atom stereocenters. The summed E-state index contributed by atoms with van der Waals surface area (Å²) in [7, 11) is -2.20. The van der Waals surface area contributed by atoms with Crippen LogP contribution < -0.4 is 10.8 Å². The molecule has 15 heavy (non-hydrogen) atoms. The summed E-state index contributed by atoms with van der Waals surface area (Å²) in [4.78, 5) is 0. The Labute approximate surface area is 89.5 Å². The Morgan fingerprint density at radius 2 is 1.40 bits per heavy atom. The Balaban J connectivity index is 2.60. The normalized spacial score (nSPS) is 11.2. The Hall–Kier alpha value is -1.74. The summed E-state index contributed by atoms with van der Waals surface area (Å²) in [5.74, 6) is 0. The molecule has 2 heterocycles. The van der Waals surface area contributed by atoms with Crippen LogP contribution in [0.4, 0.5) is 0 Å². The molecular weight excluding hydrogens is 204 g/mol. The van der Waals surface area contributed by atoms with Crippen molar-refractivity contribution in [1.82, 2.24) is 0 Å². The molecule has 0 aliphatic rings. The van der Waals surface area contributed by atoms with E-state index in [4.69, 9.17) is 8.83 Å². The summed E-state index contributed by atoms with van der Waals surface area (Å²) in [6.45, 7) is 7.77. The molecular formula is C12H12O2Si. The monoisotopic (exact) mass is 216 g/mol. The highest BCUT2D eigenvalue weighted by Crippen LogP contribution is 2.08. The maximum atomic E-state index is 5.46. The van der Waals surface area contributed by atoms with Crippen LogP contribution in [-0.2, 0) is 0 Å². The van der Waals surface area contributed by atoms with Gasteiger partial charge in [0.05, 0.1) is 12.5 Å². The number of rotatable bonds is 4. The molecule has 0 atom stereocenters. The maximum absolute atomic E-state index is 5.46. The van der Waals surface area contributed by atoms with Crippen LogP contribution in [0.25, 0.3) is 0 Å². The Morgan fingerprint density at radius 1 is 0.933 bits per heavy atom. The highest BCUT2D eigenvalue weighted by molar-refractivity contribution is 7.08. The second-order valence-corrected chi connectivity index (χ2v) is 6.77. The molecule has 0 saturated heterocycles. The van der Waals surface area contributed by atoms with E-state index in [-0.39, 0.29) is 0 Å². The lowest BCUT2D eigenvalue weighted by molar-refractivity contribution is 0.586. The molecule has 0 aliphatic heterocycles. The molecule has 0 radical (unpaired) electrons. The quantitative estimate of drug-likeness (QED) is 0.729. The van der Waals surface area contributed by atoms with Gasteiger partial charge in [-0.05, 0) is 24.3 Å². The second kappa shape index (κ2) is 3.79. The zero-order valence-corrected chi connectivity index (χ0v) is 9.35. The fourth-order valence-corrected chi connectivity index (χ4v) is 4.12. The van der Waals surface area contributed by atoms with Crippen molar-refractivity contribution in [3.8, 4) is 0 Å². The molecule has 0 aromatic carbocycles. The standard InChI is InChI=1S/C12H12O2Si/c1-3-15(4-2,11-7-5-9-13-11)12-8-6-10-14-12/h3-10H,1-2H2. The van der Waals surface area contributed by atoms with Crippen LogP contribution in [0, 0.1) is 0 Å². The molecule has 2 aromatic rings. The minimum atomic E-state index is -2.20. The topological polar surface area (TPSA) is 26.3 Å². The van der Waals surface area contributed by atoms with Gasteiger partial charge >= 0.3 is 0 Å². The molecule has 0 amide bonds. The maximum Gasteiger partial charge on any atom is 0.250 e. The molecule has 0 spiro atoms. The highest BCUT2D eigenvalue weighted by Gasteiger charge is 2.37. The van der Waals surface area contributed by atoms with Crippen molar-refractivity contribution < 1.29 is 8.83 Å². The fourth-order valence-electron chi connectivity index (χ4n) is 1.64. The lowest BCUT2D eigenvalue weighted by atomic mass is 10.7. The molecule has 76 valence electrons. The first-order chi connectivity index (χ1) is 7.33. The van der Waals surface area contributed by atoms with E-state index >= 15 is 0 Å². The van der Waals surface area contributed by atoms with Gasteiger partial charge in [0, 0.05) is 0 Å². The van der Waals surface area contributed by atoms with Crippen LogP contribution in [0.15, 0.2) is 70.2 Å². The number of hydrogen-bond acceptors (Lipinski definition) is 2. The van der Waals surface area contributed by atoms with Gasteiger partial charge in [0.15, 0.2) is 0 Å². The number of furan rings is 2. The first-order valence-corrected chi connectivity index (χ1v) is 6.84. The minimum absolute atomic E-state index is 0.891. The van der Waals surface area contributed by atoms with E-state index in [1.165, 1.54) is 0 Å². The van der Waals surface area contributed by atoms with Gasteiger partial charge < -0.3 is 8.83 Å². The second-order valence-electron chi connectivity index (χ2n) is 3.23. The van der Waals surface area contributed by atoms with Crippen LogP contribution in [-0.4, -0.2) is 8.07 Å². The zero-order valence-electron chi connectivity index (χ0n) is 8.35. The predicted molar refractivity (Wildman–Crippen MR) is 62.8 cm³/mol. The molecule has 3 heteroatoms. The van der Waals surface area contributed by atoms with Crippen molar-refractivity contribution in [1.29, 1.82) is 0 Å². The Kier molecular flexibility index (Phi) is 2.47. The van der Waals surface area contributed by atoms with Gasteiger partial charge in [-0.3, -0.25) is 0 Å². The molecule has 2 aromatic heterocycles. The number of hydrogen-bond donors (Lipinski definition) is 0. The first kappa shape index (κ1) is 9.80. The SMILES string of the molecule is C=C[Si](C=C)(c1ccco1)c1ccco1. The van der Waals surface area contributed by atoms with Crippen LogP contribution in [0.2, 0.25) is 0 Å². The summed E-state index contributed by atoms with van der Waals surface area (Å²) in [6, 6.07) is 7.62. The van der Waals surface area contributed by atoms with E-state index in [9.17, 15) is 0 Å². The van der Waals surface area contributed by atoms with Crippen molar-refractivity contribution >= 4 is 18.8 Å². The fraction of sp³-hybridized carbons (Fsp3) is 0. The van der Waals surface area contributed by atoms with Gasteiger partial charge in [0.25, 0.3) is 8.07 Å². The van der Waals surface area contributed by atoms with Crippen LogP contribution >= 0.6 is 0 Å². The van der Waals surface area contributed by atoms with E-state index < -0.39 is 8.07 Å². The van der Waals surface area contributed by atoms with Gasteiger partial charge in [0.2, 0.25) is 0 Å². The Morgan fingerprint density at radius 3 is 1.67 bits per heavy atom. The van der Waals surface area contributed by atoms with E-state index in [1.807, 2.05) is 35.7 Å². The molecule has 2 rings (SSSR count). The summed E-state index contributed by atoms with van der Waals surface area (Å²) in [5, 5.41) is 1.78. The van der Waals surface area contributed by atoms with E-state index in [1.54, 1.807) is 12.5 Å². The van der Waals surface area contributed by atoms with E-state index in [2.05, 4.69) is 13.2 Å². The Bertz CT molecular complexity index is 396. The van der Waals surface area contributed by atoms with Crippen molar-refractivity contribution in [2.24, 2.45) is 0 Å². The van der Waals surface area contributed by atoms with Crippen molar-refractivity contribution in [3.63, 3.8) is 0 Å². The average Bonchev–Trinajstić information content (AvgIpc) is 2.92. The molecule has 0 bridgehead atoms. The molecule has 0 aliphatic carbocycles. The van der Waals surface area contributed by atoms with Crippen molar-refractivity contribution in [2.45, 2.75) is 0 Å². The average molecular weight is 216 g/mol. The molecule has 0 N–H and O–H groups in total. The van der Waals surface area contributed by atoms with Crippen LogP contribution in [0.1, 0.15) is 0 Å². The molecule has 0 fully saturated rings. The summed E-state index contributed by atoms with van der Waals surface area (Å²) in [6.07, 6.45) is 3.32. The third-order valence-corrected chi connectivity index (χ3v) is 5.99. The van der Waals surface area contributed by atoms with Gasteiger partial charge in [0.1, 0.15) is 10.8 Å². The summed E-state index contributed by atoms with van der Waals surface area (Å²) < 4.78 is 10.9. The zero-order chi connectivity index (χ0) is 10.7. The predicted octanol–water partition coefficient (Wildman–Crippen LogP) is 1.89. The van der Waals surface area contributed by atoms with E-state index in [0.717, 1.165) is 10.8 Å². The van der Waals surface area contributed by atoms with Gasteiger partial charge in [-0.25, -0.2) is 0 Å². The largest absolute Gasteiger partial charge is 0.473 e. The summed E-state index contributed by atoms with van der Waals surface area (Å²) >= 11 is 0. The van der Waals surface area contributed by atoms with Crippen molar-refractivity contribution in [2.75, 3.05) is 0 Å². The van der Waals surface area contributed by atoms with Crippen molar-refractivity contribution in [3.05, 3.63) is 61.3 Å². The van der Waals surface area contributed by atoms with Gasteiger partial charge in [-0.1, -0.05) is 11.4 Å². The highest BCUT2D eigenvalue weighted by atomic mass is 28.3. The lowest BCUT2D eigenvalue weighted by Gasteiger charge is -2.18. The first-order valence-electron chi connectivity index (χ1n) is 4.68. The third kappa shape index (κ3) is 1.41. The minimum Gasteiger partial charge on any atom is -0.473 e. The van der Waals surface area contributed by atoms with Gasteiger partial charge in [-0.2, -0.15) is 0 Å². The van der Waals surface area contributed by atoms with Crippen LogP contribution in [0.3, 0.4) is 0 Å². The molecule has 0 saturated carbocycles. The summed E-state index contributed by atoms with van der Waals surface area (Å²) in [5.41, 5.74) is 3.80.